The van der Waals surface area contributed by atoms with E-state index in [2.05, 4.69) is 14.5 Å². The molecule has 2 aromatic heterocycles. The molecule has 2 N–H and O–H groups in total. The number of hydrogen-bond donors (Lipinski definition) is 2. The summed E-state index contributed by atoms with van der Waals surface area (Å²) in [6, 6.07) is 10.1. The van der Waals surface area contributed by atoms with Crippen molar-refractivity contribution in [1.82, 2.24) is 14.3 Å². The fourth-order valence-corrected chi connectivity index (χ4v) is 4.67. The van der Waals surface area contributed by atoms with Gasteiger partial charge in [0.2, 0.25) is 20.0 Å². The van der Waals surface area contributed by atoms with Crippen molar-refractivity contribution in [3.8, 4) is 0 Å². The molecule has 0 aliphatic rings. The molecule has 0 atom stereocenters. The van der Waals surface area contributed by atoms with Crippen molar-refractivity contribution in [1.29, 1.82) is 0 Å². The van der Waals surface area contributed by atoms with Crippen LogP contribution in [0.4, 0.5) is 10.1 Å². The lowest BCUT2D eigenvalue weighted by atomic mass is 10.2. The highest BCUT2D eigenvalue weighted by atomic mass is 32.2. The van der Waals surface area contributed by atoms with E-state index < -0.39 is 37.4 Å². The van der Waals surface area contributed by atoms with E-state index in [1.807, 2.05) is 0 Å². The van der Waals surface area contributed by atoms with Gasteiger partial charge in [0.05, 0.1) is 22.7 Å². The summed E-state index contributed by atoms with van der Waals surface area (Å²) in [5.41, 5.74) is 1.34. The van der Waals surface area contributed by atoms with Crippen LogP contribution in [-0.2, 0) is 25.8 Å². The lowest BCUT2D eigenvalue weighted by Crippen LogP contribution is -2.32. The van der Waals surface area contributed by atoms with Crippen molar-refractivity contribution in [3.05, 3.63) is 66.2 Å². The van der Waals surface area contributed by atoms with Gasteiger partial charge < -0.3 is 0 Å². The number of fused-ring (bicyclic) bond motifs is 1. The number of pyridine rings is 1. The van der Waals surface area contributed by atoms with Crippen LogP contribution in [0.15, 0.2) is 54.9 Å². The maximum absolute atomic E-state index is 13.1. The standard InChI is InChI=1S/C16H17FN4O4S2/c17-14-3-1-2-13(10-14)12-27(24,25)19-7-9-26(22,23)20-15-5-8-21-16(11-15)4-6-18-21/h1-6,8,10-11,19-20H,7,9,12H2. The number of halogens is 1. The maximum Gasteiger partial charge on any atom is 0.234 e. The summed E-state index contributed by atoms with van der Waals surface area (Å²) >= 11 is 0. The van der Waals surface area contributed by atoms with Crippen molar-refractivity contribution in [2.75, 3.05) is 17.0 Å². The van der Waals surface area contributed by atoms with Crippen LogP contribution in [0, 0.1) is 5.82 Å². The van der Waals surface area contributed by atoms with Crippen LogP contribution in [0.3, 0.4) is 0 Å². The van der Waals surface area contributed by atoms with Gasteiger partial charge in [0.1, 0.15) is 5.82 Å². The number of rotatable bonds is 8. The summed E-state index contributed by atoms with van der Waals surface area (Å²) in [4.78, 5) is 0. The SMILES string of the molecule is O=S(=O)(Cc1cccc(F)c1)NCCS(=O)(=O)Nc1ccn2nccc2c1. The predicted molar refractivity (Wildman–Crippen MR) is 99.6 cm³/mol. The van der Waals surface area contributed by atoms with E-state index in [0.717, 1.165) is 6.07 Å². The highest BCUT2D eigenvalue weighted by Gasteiger charge is 2.15. The number of anilines is 1. The highest BCUT2D eigenvalue weighted by Crippen LogP contribution is 2.13. The van der Waals surface area contributed by atoms with E-state index in [4.69, 9.17) is 0 Å². The third-order valence-electron chi connectivity index (χ3n) is 3.61. The van der Waals surface area contributed by atoms with Gasteiger partial charge in [-0.3, -0.25) is 4.72 Å². The van der Waals surface area contributed by atoms with E-state index in [0.29, 0.717) is 11.2 Å². The normalized spacial score (nSPS) is 12.3. The Hall–Kier alpha value is -2.50. The Kier molecular flexibility index (Phi) is 5.44. The fourth-order valence-electron chi connectivity index (χ4n) is 2.44. The molecule has 0 bridgehead atoms. The van der Waals surface area contributed by atoms with Gasteiger partial charge in [0.25, 0.3) is 0 Å². The van der Waals surface area contributed by atoms with E-state index in [9.17, 15) is 21.2 Å². The molecule has 11 heteroatoms. The number of hydrogen-bond acceptors (Lipinski definition) is 5. The summed E-state index contributed by atoms with van der Waals surface area (Å²) in [6.07, 6.45) is 3.19. The van der Waals surface area contributed by atoms with E-state index in [1.165, 1.54) is 18.2 Å². The molecule has 0 aliphatic heterocycles. The number of nitrogens with one attached hydrogen (secondary N) is 2. The van der Waals surface area contributed by atoms with Gasteiger partial charge >= 0.3 is 0 Å². The largest absolute Gasteiger partial charge is 0.283 e. The Labute approximate surface area is 156 Å². The average molecular weight is 412 g/mol. The molecule has 0 radical (unpaired) electrons. The summed E-state index contributed by atoms with van der Waals surface area (Å²) in [5, 5.41) is 4.01. The van der Waals surface area contributed by atoms with Crippen LogP contribution >= 0.6 is 0 Å². The highest BCUT2D eigenvalue weighted by molar-refractivity contribution is 7.92. The minimum absolute atomic E-state index is 0.276. The van der Waals surface area contributed by atoms with E-state index in [-0.39, 0.29) is 12.1 Å². The quantitative estimate of drug-likeness (QED) is 0.580. The molecular formula is C16H17FN4O4S2. The Bertz CT molecular complexity index is 1160. The summed E-state index contributed by atoms with van der Waals surface area (Å²) in [5.74, 6) is -1.42. The molecule has 2 heterocycles. The van der Waals surface area contributed by atoms with Crippen molar-refractivity contribution < 1.29 is 21.2 Å². The lowest BCUT2D eigenvalue weighted by molar-refractivity contribution is 0.580. The minimum atomic E-state index is -3.79. The van der Waals surface area contributed by atoms with Crippen LogP contribution in [0.25, 0.3) is 5.52 Å². The zero-order valence-corrected chi connectivity index (χ0v) is 15.7. The molecule has 0 saturated carbocycles. The molecule has 0 amide bonds. The monoisotopic (exact) mass is 412 g/mol. The van der Waals surface area contributed by atoms with Crippen LogP contribution in [0.5, 0.6) is 0 Å². The van der Waals surface area contributed by atoms with Gasteiger partial charge in [0.15, 0.2) is 0 Å². The topological polar surface area (TPSA) is 110 Å². The molecule has 0 saturated heterocycles. The first kappa shape index (κ1) is 19.3. The van der Waals surface area contributed by atoms with Crippen LogP contribution in [-0.4, -0.2) is 38.7 Å². The number of benzene rings is 1. The molecule has 27 heavy (non-hydrogen) atoms. The van der Waals surface area contributed by atoms with Gasteiger partial charge in [0, 0.05) is 18.9 Å². The summed E-state index contributed by atoms with van der Waals surface area (Å²) in [6.45, 7) is -0.304. The number of aromatic nitrogens is 2. The Morgan fingerprint density at radius 1 is 1.04 bits per heavy atom. The summed E-state index contributed by atoms with van der Waals surface area (Å²) < 4.78 is 67.6. The molecule has 8 nitrogen and oxygen atoms in total. The van der Waals surface area contributed by atoms with E-state index >= 15 is 0 Å². The van der Waals surface area contributed by atoms with Crippen molar-refractivity contribution >= 4 is 31.3 Å². The van der Waals surface area contributed by atoms with Crippen LogP contribution in [0.1, 0.15) is 5.56 Å². The molecular weight excluding hydrogens is 395 g/mol. The van der Waals surface area contributed by atoms with Gasteiger partial charge in [-0.25, -0.2) is 30.5 Å². The molecule has 3 rings (SSSR count). The molecule has 3 aromatic rings. The van der Waals surface area contributed by atoms with Gasteiger partial charge in [-0.1, -0.05) is 12.1 Å². The minimum Gasteiger partial charge on any atom is -0.283 e. The first-order chi connectivity index (χ1) is 12.7. The molecule has 0 spiro atoms. The molecule has 1 aromatic carbocycles. The first-order valence-corrected chi connectivity index (χ1v) is 11.2. The number of nitrogens with zero attached hydrogens (tertiary/aromatic N) is 2. The maximum atomic E-state index is 13.1. The molecule has 0 aliphatic carbocycles. The van der Waals surface area contributed by atoms with Crippen molar-refractivity contribution in [2.24, 2.45) is 0 Å². The van der Waals surface area contributed by atoms with Crippen LogP contribution in [0.2, 0.25) is 0 Å². The molecule has 0 fully saturated rings. The van der Waals surface area contributed by atoms with Gasteiger partial charge in [-0.15, -0.1) is 0 Å². The Morgan fingerprint density at radius 3 is 2.63 bits per heavy atom. The van der Waals surface area contributed by atoms with Gasteiger partial charge in [-0.05, 0) is 35.9 Å². The second-order valence-electron chi connectivity index (χ2n) is 5.82. The second kappa shape index (κ2) is 7.62. The Balaban J connectivity index is 1.56. The van der Waals surface area contributed by atoms with Crippen molar-refractivity contribution in [2.45, 2.75) is 5.75 Å². The third-order valence-corrected chi connectivity index (χ3v) is 6.26. The number of sulfonamides is 2. The summed E-state index contributed by atoms with van der Waals surface area (Å²) in [7, 11) is -7.54. The second-order valence-corrected chi connectivity index (χ2v) is 9.47. The lowest BCUT2D eigenvalue weighted by Gasteiger charge is -2.10. The first-order valence-electron chi connectivity index (χ1n) is 7.88. The molecule has 144 valence electrons. The zero-order chi connectivity index (χ0) is 19.5. The van der Waals surface area contributed by atoms with Crippen molar-refractivity contribution in [3.63, 3.8) is 0 Å². The van der Waals surface area contributed by atoms with Gasteiger partial charge in [-0.2, -0.15) is 5.10 Å². The zero-order valence-electron chi connectivity index (χ0n) is 14.0. The van der Waals surface area contributed by atoms with Crippen LogP contribution < -0.4 is 9.44 Å². The van der Waals surface area contributed by atoms with E-state index in [1.54, 1.807) is 35.1 Å². The predicted octanol–water partition coefficient (Wildman–Crippen LogP) is 1.33. The third kappa shape index (κ3) is 5.49. The fraction of sp³-hybridized carbons (Fsp3) is 0.188. The Morgan fingerprint density at radius 2 is 1.85 bits per heavy atom. The smallest absolute Gasteiger partial charge is 0.234 e. The average Bonchev–Trinajstić information content (AvgIpc) is 3.01. The molecule has 0 unspecified atom stereocenters.